The summed E-state index contributed by atoms with van der Waals surface area (Å²) in [5.74, 6) is 0.0344. The fraction of sp³-hybridized carbons (Fsp3) is 0.222. The van der Waals surface area contributed by atoms with Crippen LogP contribution in [0.5, 0.6) is 0 Å². The first-order valence-electron chi connectivity index (χ1n) is 7.68. The minimum atomic E-state index is -0.0311. The summed E-state index contributed by atoms with van der Waals surface area (Å²) in [4.78, 5) is 16.7. The van der Waals surface area contributed by atoms with Crippen molar-refractivity contribution in [3.8, 4) is 0 Å². The van der Waals surface area contributed by atoms with E-state index < -0.39 is 0 Å². The summed E-state index contributed by atoms with van der Waals surface area (Å²) in [6.45, 7) is 2.65. The molecule has 0 unspecified atom stereocenters. The van der Waals surface area contributed by atoms with Gasteiger partial charge in [-0.25, -0.2) is 4.98 Å². The highest BCUT2D eigenvalue weighted by atomic mass is 35.5. The van der Waals surface area contributed by atoms with Crippen LogP contribution in [0, 0.1) is 6.92 Å². The van der Waals surface area contributed by atoms with Crippen LogP contribution in [-0.4, -0.2) is 15.5 Å². The molecule has 6 heteroatoms. The molecule has 0 fully saturated rings. The first-order valence-corrected chi connectivity index (χ1v) is 8.94. The first-order chi connectivity index (χ1) is 11.6. The van der Waals surface area contributed by atoms with Gasteiger partial charge >= 0.3 is 0 Å². The van der Waals surface area contributed by atoms with Crippen molar-refractivity contribution < 1.29 is 4.79 Å². The molecule has 1 aromatic carbocycles. The molecule has 4 nitrogen and oxygen atoms in total. The third-order valence-electron chi connectivity index (χ3n) is 3.74. The number of nitrogens with zero attached hydrogens (tertiary/aromatic N) is 2. The second-order valence-electron chi connectivity index (χ2n) is 5.67. The fourth-order valence-corrected chi connectivity index (χ4v) is 3.40. The molecule has 0 saturated heterocycles. The molecule has 1 amide bonds. The fourth-order valence-electron chi connectivity index (χ4n) is 2.57. The van der Waals surface area contributed by atoms with E-state index in [2.05, 4.69) is 14.9 Å². The largest absolute Gasteiger partial charge is 0.354 e. The van der Waals surface area contributed by atoms with Gasteiger partial charge in [-0.2, -0.15) is 0 Å². The van der Waals surface area contributed by atoms with Crippen molar-refractivity contribution in [2.24, 2.45) is 0 Å². The minimum absolute atomic E-state index is 0.0311. The molecule has 24 heavy (non-hydrogen) atoms. The SMILES string of the molecule is Cc1csc(NC(=O)C[C@@H](Cn2cccc2)c2ccc(Cl)cc2)n1. The van der Waals surface area contributed by atoms with E-state index in [0.29, 0.717) is 16.6 Å². The van der Waals surface area contributed by atoms with E-state index in [4.69, 9.17) is 11.6 Å². The molecule has 2 heterocycles. The molecule has 2 aromatic heterocycles. The molecule has 0 saturated carbocycles. The Morgan fingerprint density at radius 3 is 2.62 bits per heavy atom. The molecule has 1 atom stereocenters. The Kier molecular flexibility index (Phi) is 5.33. The lowest BCUT2D eigenvalue weighted by molar-refractivity contribution is -0.116. The maximum absolute atomic E-state index is 12.4. The van der Waals surface area contributed by atoms with E-state index >= 15 is 0 Å². The number of amides is 1. The van der Waals surface area contributed by atoms with Crippen molar-refractivity contribution in [1.82, 2.24) is 9.55 Å². The standard InChI is InChI=1S/C18H18ClN3OS/c1-13-12-24-18(20-13)21-17(23)10-15(11-22-8-2-3-9-22)14-4-6-16(19)7-5-14/h2-9,12,15H,10-11H2,1H3,(H,20,21,23)/t15-/m0/s1. The van der Waals surface area contributed by atoms with Gasteiger partial charge < -0.3 is 9.88 Å². The van der Waals surface area contributed by atoms with E-state index in [1.807, 2.05) is 61.1 Å². The lowest BCUT2D eigenvalue weighted by Crippen LogP contribution is -2.18. The minimum Gasteiger partial charge on any atom is -0.354 e. The van der Waals surface area contributed by atoms with Crippen LogP contribution in [0.3, 0.4) is 0 Å². The van der Waals surface area contributed by atoms with E-state index in [-0.39, 0.29) is 11.8 Å². The average Bonchev–Trinajstić information content (AvgIpc) is 3.19. The zero-order chi connectivity index (χ0) is 16.9. The number of hydrogen-bond donors (Lipinski definition) is 1. The van der Waals surface area contributed by atoms with Crippen LogP contribution in [0.25, 0.3) is 0 Å². The molecule has 0 radical (unpaired) electrons. The van der Waals surface area contributed by atoms with Crippen molar-refractivity contribution >= 4 is 34.0 Å². The number of aromatic nitrogens is 2. The highest BCUT2D eigenvalue weighted by molar-refractivity contribution is 7.13. The zero-order valence-corrected chi connectivity index (χ0v) is 14.8. The van der Waals surface area contributed by atoms with E-state index in [1.165, 1.54) is 11.3 Å². The molecular formula is C18H18ClN3OS. The van der Waals surface area contributed by atoms with Crippen molar-refractivity contribution in [2.45, 2.75) is 25.8 Å². The number of aryl methyl sites for hydroxylation is 1. The summed E-state index contributed by atoms with van der Waals surface area (Å²) in [6.07, 6.45) is 4.40. The number of halogens is 1. The number of anilines is 1. The summed E-state index contributed by atoms with van der Waals surface area (Å²) < 4.78 is 2.08. The van der Waals surface area contributed by atoms with Crippen LogP contribution in [0.15, 0.2) is 54.2 Å². The van der Waals surface area contributed by atoms with Crippen molar-refractivity contribution in [1.29, 1.82) is 0 Å². The van der Waals surface area contributed by atoms with Crippen molar-refractivity contribution in [2.75, 3.05) is 5.32 Å². The Bertz CT molecular complexity index is 796. The molecule has 1 N–H and O–H groups in total. The number of thiazole rings is 1. The Morgan fingerprint density at radius 2 is 2.00 bits per heavy atom. The second-order valence-corrected chi connectivity index (χ2v) is 6.97. The van der Waals surface area contributed by atoms with Crippen LogP contribution in [0.1, 0.15) is 23.6 Å². The van der Waals surface area contributed by atoms with Gasteiger partial charge in [-0.1, -0.05) is 23.7 Å². The predicted octanol–water partition coefficient (Wildman–Crippen LogP) is 4.72. The molecule has 0 aliphatic rings. The van der Waals surface area contributed by atoms with Gasteiger partial charge in [0, 0.05) is 41.7 Å². The van der Waals surface area contributed by atoms with Gasteiger partial charge in [0.25, 0.3) is 0 Å². The number of rotatable bonds is 6. The van der Waals surface area contributed by atoms with Gasteiger partial charge in [0.05, 0.1) is 5.69 Å². The maximum Gasteiger partial charge on any atom is 0.226 e. The smallest absolute Gasteiger partial charge is 0.226 e. The molecule has 0 aliphatic heterocycles. The molecule has 124 valence electrons. The number of carbonyl (C=O) groups is 1. The lowest BCUT2D eigenvalue weighted by Gasteiger charge is -2.18. The molecule has 3 aromatic rings. The zero-order valence-electron chi connectivity index (χ0n) is 13.3. The van der Waals surface area contributed by atoms with E-state index in [1.54, 1.807) is 0 Å². The summed E-state index contributed by atoms with van der Waals surface area (Å²) in [7, 11) is 0. The normalized spacial score (nSPS) is 12.1. The molecule has 3 rings (SSSR count). The second kappa shape index (κ2) is 7.64. The number of carbonyl (C=O) groups excluding carboxylic acids is 1. The monoisotopic (exact) mass is 359 g/mol. The lowest BCUT2D eigenvalue weighted by atomic mass is 9.95. The van der Waals surface area contributed by atoms with Gasteiger partial charge in [-0.3, -0.25) is 4.79 Å². The summed E-state index contributed by atoms with van der Waals surface area (Å²) in [5, 5.41) is 6.15. The Labute approximate surface area is 150 Å². The van der Waals surface area contributed by atoms with Gasteiger partial charge in [-0.05, 0) is 36.8 Å². The van der Waals surface area contributed by atoms with Crippen LogP contribution < -0.4 is 5.32 Å². The third kappa shape index (κ3) is 4.46. The van der Waals surface area contributed by atoms with Crippen LogP contribution in [-0.2, 0) is 11.3 Å². The summed E-state index contributed by atoms with van der Waals surface area (Å²) >= 11 is 7.43. The first kappa shape index (κ1) is 16.7. The van der Waals surface area contributed by atoms with Gasteiger partial charge in [0.2, 0.25) is 5.91 Å². The summed E-state index contributed by atoms with van der Waals surface area (Å²) in [6, 6.07) is 11.7. The number of nitrogens with one attached hydrogen (secondary N) is 1. The van der Waals surface area contributed by atoms with Crippen LogP contribution >= 0.6 is 22.9 Å². The highest BCUT2D eigenvalue weighted by Gasteiger charge is 2.17. The molecule has 0 bridgehead atoms. The maximum atomic E-state index is 12.4. The Morgan fingerprint density at radius 1 is 1.29 bits per heavy atom. The summed E-state index contributed by atoms with van der Waals surface area (Å²) in [5.41, 5.74) is 2.01. The van der Waals surface area contributed by atoms with Crippen molar-refractivity contribution in [3.05, 3.63) is 70.5 Å². The Balaban J connectivity index is 1.73. The third-order valence-corrected chi connectivity index (χ3v) is 4.86. The predicted molar refractivity (Wildman–Crippen MR) is 98.7 cm³/mol. The number of hydrogen-bond acceptors (Lipinski definition) is 3. The van der Waals surface area contributed by atoms with E-state index in [0.717, 1.165) is 17.8 Å². The average molecular weight is 360 g/mol. The quantitative estimate of drug-likeness (QED) is 0.692. The van der Waals surface area contributed by atoms with Crippen LogP contribution in [0.4, 0.5) is 5.13 Å². The molecule has 0 spiro atoms. The van der Waals surface area contributed by atoms with Gasteiger partial charge in [-0.15, -0.1) is 11.3 Å². The van der Waals surface area contributed by atoms with E-state index in [9.17, 15) is 4.79 Å². The topological polar surface area (TPSA) is 46.9 Å². The molecule has 0 aliphatic carbocycles. The van der Waals surface area contributed by atoms with Crippen molar-refractivity contribution in [3.63, 3.8) is 0 Å². The van der Waals surface area contributed by atoms with Gasteiger partial charge in [0.15, 0.2) is 5.13 Å². The van der Waals surface area contributed by atoms with Gasteiger partial charge in [0.1, 0.15) is 0 Å². The Hall–Kier alpha value is -2.11. The number of benzene rings is 1. The molecular weight excluding hydrogens is 342 g/mol. The highest BCUT2D eigenvalue weighted by Crippen LogP contribution is 2.25. The van der Waals surface area contributed by atoms with Crippen LogP contribution in [0.2, 0.25) is 5.02 Å².